The highest BCUT2D eigenvalue weighted by atomic mass is 16.5. The molecule has 0 aliphatic heterocycles. The van der Waals surface area contributed by atoms with Crippen LogP contribution in [-0.2, 0) is 16.1 Å². The predicted molar refractivity (Wildman–Crippen MR) is 73.4 cm³/mol. The number of aliphatic hydroxyl groups excluding tert-OH is 3. The Labute approximate surface area is 122 Å². The molecule has 116 valence electrons. The van der Waals surface area contributed by atoms with Crippen LogP contribution < -0.4 is 5.32 Å². The molecule has 0 saturated carbocycles. The number of rotatable bonds is 8. The van der Waals surface area contributed by atoms with Gasteiger partial charge in [-0.1, -0.05) is 30.3 Å². The number of carbonyl (C=O) groups excluding carboxylic acids is 2. The molecule has 0 fully saturated rings. The van der Waals surface area contributed by atoms with E-state index in [1.165, 1.54) is 0 Å². The number of hydrogen-bond acceptors (Lipinski definition) is 6. The fourth-order valence-corrected chi connectivity index (χ4v) is 1.54. The Morgan fingerprint density at radius 3 is 2.48 bits per heavy atom. The number of ether oxygens (including phenoxy) is 1. The molecule has 21 heavy (non-hydrogen) atoms. The summed E-state index contributed by atoms with van der Waals surface area (Å²) in [7, 11) is 0. The van der Waals surface area contributed by atoms with E-state index in [0.717, 1.165) is 5.56 Å². The zero-order valence-corrected chi connectivity index (χ0v) is 11.4. The number of Topliss-reactive ketones (excluding diaryl/α,β-unsaturated/α-hetero) is 1. The molecule has 0 heterocycles. The molecule has 0 aromatic heterocycles. The summed E-state index contributed by atoms with van der Waals surface area (Å²) in [5, 5.41) is 29.5. The molecule has 7 nitrogen and oxygen atoms in total. The molecule has 4 N–H and O–H groups in total. The molecule has 1 aromatic rings. The lowest BCUT2D eigenvalue weighted by Gasteiger charge is -2.15. The second-order valence-corrected chi connectivity index (χ2v) is 4.41. The van der Waals surface area contributed by atoms with Crippen LogP contribution in [0.25, 0.3) is 0 Å². The molecule has 0 saturated heterocycles. The van der Waals surface area contributed by atoms with Gasteiger partial charge in [0.2, 0.25) is 0 Å². The van der Waals surface area contributed by atoms with Crippen LogP contribution in [0.15, 0.2) is 30.3 Å². The molecule has 0 spiro atoms. The van der Waals surface area contributed by atoms with Crippen molar-refractivity contribution >= 4 is 11.9 Å². The van der Waals surface area contributed by atoms with Gasteiger partial charge in [0.15, 0.2) is 5.78 Å². The zero-order chi connectivity index (χ0) is 15.7. The smallest absolute Gasteiger partial charge is 0.407 e. The Hall–Kier alpha value is -1.96. The van der Waals surface area contributed by atoms with Gasteiger partial charge >= 0.3 is 6.09 Å². The van der Waals surface area contributed by atoms with Crippen molar-refractivity contribution in [1.82, 2.24) is 5.32 Å². The van der Waals surface area contributed by atoms with Gasteiger partial charge in [-0.2, -0.15) is 0 Å². The van der Waals surface area contributed by atoms with E-state index in [1.807, 2.05) is 6.07 Å². The van der Waals surface area contributed by atoms with E-state index < -0.39 is 30.6 Å². The summed E-state index contributed by atoms with van der Waals surface area (Å²) in [6.07, 6.45) is -3.92. The number of amides is 1. The van der Waals surface area contributed by atoms with E-state index in [-0.39, 0.29) is 19.6 Å². The van der Waals surface area contributed by atoms with Crippen LogP contribution in [0.5, 0.6) is 0 Å². The molecular weight excluding hydrogens is 278 g/mol. The lowest BCUT2D eigenvalue weighted by molar-refractivity contribution is -0.132. The van der Waals surface area contributed by atoms with E-state index in [4.69, 9.17) is 9.84 Å². The molecule has 0 radical (unpaired) electrons. The first-order chi connectivity index (χ1) is 10.0. The van der Waals surface area contributed by atoms with Crippen molar-refractivity contribution in [2.24, 2.45) is 0 Å². The third-order valence-corrected chi connectivity index (χ3v) is 2.74. The van der Waals surface area contributed by atoms with E-state index >= 15 is 0 Å². The van der Waals surface area contributed by atoms with E-state index in [1.54, 1.807) is 24.3 Å². The molecule has 0 aliphatic rings. The van der Waals surface area contributed by atoms with E-state index in [2.05, 4.69) is 5.32 Å². The van der Waals surface area contributed by atoms with Crippen LogP contribution in [-0.4, -0.2) is 52.6 Å². The maximum absolute atomic E-state index is 11.5. The summed E-state index contributed by atoms with van der Waals surface area (Å²) in [6, 6.07) is 9.01. The summed E-state index contributed by atoms with van der Waals surface area (Å²) in [4.78, 5) is 22.8. The molecule has 0 aliphatic carbocycles. The van der Waals surface area contributed by atoms with Crippen LogP contribution >= 0.6 is 0 Å². The van der Waals surface area contributed by atoms with E-state index in [0.29, 0.717) is 0 Å². The molecule has 1 aromatic carbocycles. The monoisotopic (exact) mass is 297 g/mol. The predicted octanol–water partition coefficient (Wildman–Crippen LogP) is -0.414. The molecule has 0 unspecified atom stereocenters. The maximum atomic E-state index is 11.5. The van der Waals surface area contributed by atoms with Gasteiger partial charge in [0.1, 0.15) is 12.7 Å². The van der Waals surface area contributed by atoms with Crippen LogP contribution in [0.2, 0.25) is 0 Å². The first-order valence-electron chi connectivity index (χ1n) is 6.49. The highest BCUT2D eigenvalue weighted by molar-refractivity contribution is 5.87. The molecule has 2 atom stereocenters. The minimum absolute atomic E-state index is 0.0660. The van der Waals surface area contributed by atoms with Crippen molar-refractivity contribution in [3.63, 3.8) is 0 Å². The van der Waals surface area contributed by atoms with Gasteiger partial charge in [-0.25, -0.2) is 4.79 Å². The summed E-state index contributed by atoms with van der Waals surface area (Å²) < 4.78 is 4.88. The molecular formula is C14H19NO6. The Morgan fingerprint density at radius 2 is 1.86 bits per heavy atom. The SMILES string of the molecule is O=C(NCC(=O)[C@@H](O)[C@H](O)CCO)OCc1ccccc1. The summed E-state index contributed by atoms with van der Waals surface area (Å²) in [5.74, 6) is -0.757. The number of ketones is 1. The van der Waals surface area contributed by atoms with Gasteiger partial charge < -0.3 is 25.4 Å². The third kappa shape index (κ3) is 6.35. The van der Waals surface area contributed by atoms with Gasteiger partial charge in [-0.3, -0.25) is 4.79 Å². The lowest BCUT2D eigenvalue weighted by Crippen LogP contribution is -2.41. The number of nitrogens with one attached hydrogen (secondary N) is 1. The summed E-state index contributed by atoms with van der Waals surface area (Å²) >= 11 is 0. The summed E-state index contributed by atoms with van der Waals surface area (Å²) in [5.41, 5.74) is 0.803. The zero-order valence-electron chi connectivity index (χ0n) is 11.4. The average Bonchev–Trinajstić information content (AvgIpc) is 2.51. The Kier molecular flexibility index (Phi) is 7.38. The molecule has 1 amide bonds. The Bertz CT molecular complexity index is 450. The van der Waals surface area contributed by atoms with Crippen molar-refractivity contribution < 1.29 is 29.6 Å². The number of alkyl carbamates (subject to hydrolysis) is 1. The minimum atomic E-state index is -1.65. The quantitative estimate of drug-likeness (QED) is 0.518. The number of carbonyl (C=O) groups is 2. The highest BCUT2D eigenvalue weighted by Gasteiger charge is 2.23. The summed E-state index contributed by atoms with van der Waals surface area (Å²) in [6.45, 7) is -0.744. The Balaban J connectivity index is 2.27. The first kappa shape index (κ1) is 17.1. The second-order valence-electron chi connectivity index (χ2n) is 4.41. The fraction of sp³-hybridized carbons (Fsp3) is 0.429. The third-order valence-electron chi connectivity index (χ3n) is 2.74. The topological polar surface area (TPSA) is 116 Å². The van der Waals surface area contributed by atoms with Crippen molar-refractivity contribution in [3.05, 3.63) is 35.9 Å². The van der Waals surface area contributed by atoms with Gasteiger partial charge in [-0.15, -0.1) is 0 Å². The van der Waals surface area contributed by atoms with Gasteiger partial charge in [-0.05, 0) is 12.0 Å². The largest absolute Gasteiger partial charge is 0.445 e. The standard InChI is InChI=1S/C14H19NO6/c16-7-6-11(17)13(19)12(18)8-15-14(20)21-9-10-4-2-1-3-5-10/h1-5,11,13,16-17,19H,6-9H2,(H,15,20)/t11-,13+/m1/s1. The van der Waals surface area contributed by atoms with Crippen LogP contribution in [0.1, 0.15) is 12.0 Å². The minimum Gasteiger partial charge on any atom is -0.445 e. The van der Waals surface area contributed by atoms with Crippen molar-refractivity contribution in [1.29, 1.82) is 0 Å². The number of hydrogen-bond donors (Lipinski definition) is 4. The van der Waals surface area contributed by atoms with Gasteiger partial charge in [0.25, 0.3) is 0 Å². The van der Waals surface area contributed by atoms with Crippen LogP contribution in [0.4, 0.5) is 4.79 Å². The average molecular weight is 297 g/mol. The highest BCUT2D eigenvalue weighted by Crippen LogP contribution is 2.01. The lowest BCUT2D eigenvalue weighted by atomic mass is 10.1. The molecule has 1 rings (SSSR count). The molecule has 7 heteroatoms. The normalized spacial score (nSPS) is 13.3. The molecule has 0 bridgehead atoms. The fourth-order valence-electron chi connectivity index (χ4n) is 1.54. The first-order valence-corrected chi connectivity index (χ1v) is 6.49. The van der Waals surface area contributed by atoms with Crippen LogP contribution in [0, 0.1) is 0 Å². The number of benzene rings is 1. The van der Waals surface area contributed by atoms with Crippen molar-refractivity contribution in [2.45, 2.75) is 25.2 Å². The van der Waals surface area contributed by atoms with Crippen LogP contribution in [0.3, 0.4) is 0 Å². The van der Waals surface area contributed by atoms with Crippen molar-refractivity contribution in [3.8, 4) is 0 Å². The Morgan fingerprint density at radius 1 is 1.19 bits per heavy atom. The second kappa shape index (κ2) is 9.06. The van der Waals surface area contributed by atoms with Gasteiger partial charge in [0.05, 0.1) is 12.6 Å². The number of aliphatic hydroxyl groups is 3. The van der Waals surface area contributed by atoms with Crippen molar-refractivity contribution in [2.75, 3.05) is 13.2 Å². The van der Waals surface area contributed by atoms with Gasteiger partial charge in [0, 0.05) is 6.61 Å². The maximum Gasteiger partial charge on any atom is 0.407 e. The van der Waals surface area contributed by atoms with E-state index in [9.17, 15) is 19.8 Å².